The minimum Gasteiger partial charge on any atom is -0.479 e. The summed E-state index contributed by atoms with van der Waals surface area (Å²) in [4.78, 5) is 35.4. The molecule has 0 unspecified atom stereocenters. The molecule has 138 valence electrons. The number of aryl methyl sites for hydroxylation is 1. The van der Waals surface area contributed by atoms with E-state index < -0.39 is 11.5 Å². The zero-order valence-electron chi connectivity index (χ0n) is 15.2. The molecule has 0 fully saturated rings. The zero-order chi connectivity index (χ0) is 19.3. The number of carbonyl (C=O) groups is 3. The van der Waals surface area contributed by atoms with Crippen LogP contribution in [-0.4, -0.2) is 32.5 Å². The number of ketones is 1. The van der Waals surface area contributed by atoms with Crippen molar-refractivity contribution in [1.29, 1.82) is 0 Å². The van der Waals surface area contributed by atoms with Crippen LogP contribution in [0.15, 0.2) is 36.7 Å². The van der Waals surface area contributed by atoms with Gasteiger partial charge in [-0.2, -0.15) is 5.10 Å². The van der Waals surface area contributed by atoms with E-state index in [1.807, 2.05) is 19.1 Å². The molecule has 0 saturated heterocycles. The summed E-state index contributed by atoms with van der Waals surface area (Å²) in [6.07, 6.45) is 3.89. The van der Waals surface area contributed by atoms with E-state index in [0.29, 0.717) is 11.3 Å². The molecule has 0 aliphatic carbocycles. The van der Waals surface area contributed by atoms with Gasteiger partial charge in [0.15, 0.2) is 11.3 Å². The number of carbonyl (C=O) groups excluding carboxylic acids is 2. The summed E-state index contributed by atoms with van der Waals surface area (Å²) in [5, 5.41) is 15.8. The lowest BCUT2D eigenvalue weighted by atomic mass is 10.0. The number of carboxylic acid groups (broad SMARTS) is 1. The Labute approximate surface area is 152 Å². The maximum Gasteiger partial charge on any atom is 0.331 e. The van der Waals surface area contributed by atoms with Gasteiger partial charge in [0.1, 0.15) is 0 Å². The van der Waals surface area contributed by atoms with Gasteiger partial charge < -0.3 is 10.4 Å². The summed E-state index contributed by atoms with van der Waals surface area (Å²) in [7, 11) is 0. The first-order valence-electron chi connectivity index (χ1n) is 8.44. The van der Waals surface area contributed by atoms with E-state index in [1.165, 1.54) is 30.9 Å². The highest BCUT2D eigenvalue weighted by molar-refractivity contribution is 6.00. The van der Waals surface area contributed by atoms with Crippen molar-refractivity contribution in [3.8, 4) is 0 Å². The summed E-state index contributed by atoms with van der Waals surface area (Å²) in [6, 6.07) is 7.37. The van der Waals surface area contributed by atoms with Crippen LogP contribution in [0.1, 0.15) is 49.5 Å². The molecule has 1 aromatic carbocycles. The number of Topliss-reactive ketones (excluding diaryl/α,β-unsaturated/α-hetero) is 1. The molecular weight excluding hydrogens is 334 g/mol. The first-order chi connectivity index (χ1) is 12.2. The molecule has 1 aromatic heterocycles. The third-order valence-corrected chi connectivity index (χ3v) is 4.23. The van der Waals surface area contributed by atoms with E-state index in [4.69, 9.17) is 0 Å². The normalized spacial score (nSPS) is 11.2. The molecule has 0 spiro atoms. The molecule has 7 nitrogen and oxygen atoms in total. The lowest BCUT2D eigenvalue weighted by Crippen LogP contribution is -2.35. The van der Waals surface area contributed by atoms with E-state index in [9.17, 15) is 19.5 Å². The fraction of sp³-hybridized carbons (Fsp3) is 0.368. The summed E-state index contributed by atoms with van der Waals surface area (Å²) in [5.74, 6) is -1.44. The van der Waals surface area contributed by atoms with Crippen molar-refractivity contribution < 1.29 is 19.5 Å². The molecule has 7 heteroatoms. The van der Waals surface area contributed by atoms with Crippen LogP contribution in [-0.2, 0) is 21.5 Å². The Bertz CT molecular complexity index is 806. The average Bonchev–Trinajstić information content (AvgIpc) is 3.08. The second kappa shape index (κ2) is 7.95. The second-order valence-corrected chi connectivity index (χ2v) is 6.56. The molecule has 0 radical (unpaired) electrons. The smallest absolute Gasteiger partial charge is 0.331 e. The highest BCUT2D eigenvalue weighted by atomic mass is 16.4. The number of benzene rings is 1. The van der Waals surface area contributed by atoms with Crippen LogP contribution in [0.25, 0.3) is 0 Å². The number of carboxylic acids is 1. The van der Waals surface area contributed by atoms with Gasteiger partial charge in [-0.3, -0.25) is 14.3 Å². The fourth-order valence-electron chi connectivity index (χ4n) is 2.31. The van der Waals surface area contributed by atoms with E-state index in [1.54, 1.807) is 12.1 Å². The molecule has 1 heterocycles. The quantitative estimate of drug-likeness (QED) is 0.708. The summed E-state index contributed by atoms with van der Waals surface area (Å²) in [5.41, 5.74) is 0.916. The summed E-state index contributed by atoms with van der Waals surface area (Å²) < 4.78 is 1.27. The van der Waals surface area contributed by atoms with Gasteiger partial charge in [0.05, 0.1) is 11.9 Å². The molecule has 26 heavy (non-hydrogen) atoms. The number of aliphatic carboxylic acids is 1. The minimum absolute atomic E-state index is 0.0435. The van der Waals surface area contributed by atoms with E-state index in [2.05, 4.69) is 10.4 Å². The van der Waals surface area contributed by atoms with Gasteiger partial charge in [-0.05, 0) is 25.8 Å². The first kappa shape index (κ1) is 19.4. The molecule has 2 rings (SSSR count). The highest BCUT2D eigenvalue weighted by Crippen LogP contribution is 2.17. The molecule has 1 amide bonds. The molecule has 0 aliphatic rings. The number of anilines is 1. The predicted octanol–water partition coefficient (Wildman–Crippen LogP) is 2.87. The average molecular weight is 357 g/mol. The number of amides is 1. The summed E-state index contributed by atoms with van der Waals surface area (Å²) >= 11 is 0. The van der Waals surface area contributed by atoms with Crippen LogP contribution in [0.3, 0.4) is 0 Å². The van der Waals surface area contributed by atoms with Crippen molar-refractivity contribution in [2.24, 2.45) is 0 Å². The monoisotopic (exact) mass is 357 g/mol. The van der Waals surface area contributed by atoms with Gasteiger partial charge in [-0.25, -0.2) is 4.79 Å². The Balaban J connectivity index is 1.90. The van der Waals surface area contributed by atoms with Crippen LogP contribution in [0.5, 0.6) is 0 Å². The zero-order valence-corrected chi connectivity index (χ0v) is 15.2. The first-order valence-corrected chi connectivity index (χ1v) is 8.44. The number of aromatic nitrogens is 2. The Morgan fingerprint density at radius 1 is 1.15 bits per heavy atom. The molecule has 0 aliphatic heterocycles. The minimum atomic E-state index is -1.22. The lowest BCUT2D eigenvalue weighted by molar-refractivity contribution is -0.146. The Morgan fingerprint density at radius 2 is 1.81 bits per heavy atom. The molecule has 2 aromatic rings. The van der Waals surface area contributed by atoms with Crippen LogP contribution in [0.2, 0.25) is 0 Å². The summed E-state index contributed by atoms with van der Waals surface area (Å²) in [6.45, 7) is 5.06. The van der Waals surface area contributed by atoms with Gasteiger partial charge >= 0.3 is 5.97 Å². The van der Waals surface area contributed by atoms with Crippen LogP contribution in [0.4, 0.5) is 5.69 Å². The van der Waals surface area contributed by atoms with Gasteiger partial charge in [-0.15, -0.1) is 0 Å². The lowest BCUT2D eigenvalue weighted by Gasteiger charge is -2.19. The van der Waals surface area contributed by atoms with Crippen LogP contribution < -0.4 is 5.32 Å². The van der Waals surface area contributed by atoms with Crippen molar-refractivity contribution >= 4 is 23.3 Å². The van der Waals surface area contributed by atoms with Crippen molar-refractivity contribution in [3.63, 3.8) is 0 Å². The Hall–Kier alpha value is -2.96. The van der Waals surface area contributed by atoms with Crippen LogP contribution >= 0.6 is 0 Å². The third-order valence-electron chi connectivity index (χ3n) is 4.23. The van der Waals surface area contributed by atoms with E-state index in [-0.39, 0.29) is 24.5 Å². The van der Waals surface area contributed by atoms with Crippen molar-refractivity contribution in [2.45, 2.75) is 45.6 Å². The number of nitrogens with one attached hydrogen (secondary N) is 1. The number of nitrogens with zero attached hydrogens (tertiary/aromatic N) is 2. The Kier molecular flexibility index (Phi) is 5.92. The maximum atomic E-state index is 12.2. The third kappa shape index (κ3) is 4.56. The van der Waals surface area contributed by atoms with E-state index in [0.717, 1.165) is 12.0 Å². The fourth-order valence-corrected chi connectivity index (χ4v) is 2.31. The molecule has 2 N–H and O–H groups in total. The molecular formula is C19H23N3O4. The van der Waals surface area contributed by atoms with Gasteiger partial charge in [-0.1, -0.05) is 31.2 Å². The number of rotatable bonds is 8. The van der Waals surface area contributed by atoms with Gasteiger partial charge in [0, 0.05) is 24.6 Å². The van der Waals surface area contributed by atoms with Crippen molar-refractivity contribution in [2.75, 3.05) is 5.32 Å². The largest absolute Gasteiger partial charge is 0.479 e. The topological polar surface area (TPSA) is 101 Å². The van der Waals surface area contributed by atoms with Crippen molar-refractivity contribution in [3.05, 3.63) is 47.8 Å². The van der Waals surface area contributed by atoms with Crippen LogP contribution in [0, 0.1) is 0 Å². The Morgan fingerprint density at radius 3 is 2.38 bits per heavy atom. The van der Waals surface area contributed by atoms with Crippen molar-refractivity contribution in [1.82, 2.24) is 9.78 Å². The molecule has 0 bridgehead atoms. The van der Waals surface area contributed by atoms with Gasteiger partial charge in [0.25, 0.3) is 0 Å². The predicted molar refractivity (Wildman–Crippen MR) is 97.2 cm³/mol. The second-order valence-electron chi connectivity index (χ2n) is 6.56. The number of hydrogen-bond donors (Lipinski definition) is 2. The SMILES string of the molecule is CCc1ccc(C(=O)CCC(=O)Nc2cnn(C(C)(C)C(=O)O)c2)cc1. The number of hydrogen-bond acceptors (Lipinski definition) is 4. The highest BCUT2D eigenvalue weighted by Gasteiger charge is 2.30. The molecule has 0 atom stereocenters. The maximum absolute atomic E-state index is 12.2. The van der Waals surface area contributed by atoms with Gasteiger partial charge in [0.2, 0.25) is 5.91 Å². The van der Waals surface area contributed by atoms with E-state index >= 15 is 0 Å². The molecule has 0 saturated carbocycles. The standard InChI is InChI=1S/C19H23N3O4/c1-4-13-5-7-14(8-6-13)16(23)9-10-17(24)21-15-11-20-22(12-15)19(2,3)18(25)26/h5-8,11-12H,4,9-10H2,1-3H3,(H,21,24)(H,25,26).